The number of ketones is 1. The highest BCUT2D eigenvalue weighted by Gasteiger charge is 2.20. The minimum absolute atomic E-state index is 0.233. The van der Waals surface area contributed by atoms with Crippen molar-refractivity contribution in [3.05, 3.63) is 0 Å². The molecule has 0 aromatic rings. The maximum atomic E-state index is 11.6. The maximum Gasteiger partial charge on any atom is 0.323 e. The van der Waals surface area contributed by atoms with Crippen molar-refractivity contribution in [1.29, 1.82) is 0 Å². The summed E-state index contributed by atoms with van der Waals surface area (Å²) >= 11 is 0. The smallest absolute Gasteiger partial charge is 0.323 e. The van der Waals surface area contributed by atoms with Crippen LogP contribution in [-0.2, 0) is 24.0 Å². The van der Waals surface area contributed by atoms with Crippen molar-refractivity contribution in [1.82, 2.24) is 9.80 Å². The fraction of sp³-hybridized carbons (Fsp3) is 0.545. The average molecular weight is 272 g/mol. The highest BCUT2D eigenvalue weighted by Crippen LogP contribution is 1.97. The first kappa shape index (κ1) is 16.8. The normalized spacial score (nSPS) is 9.58. The SMILES string of the molecule is CC(=O)N(C)CC(=O)CC(=O)N(CC=O)CC(=O)O. The molecule has 0 unspecified atom stereocenters. The molecule has 8 heteroatoms. The third-order valence-electron chi connectivity index (χ3n) is 2.27. The molecule has 0 radical (unpaired) electrons. The summed E-state index contributed by atoms with van der Waals surface area (Å²) in [7, 11) is 1.41. The Bertz CT molecular complexity index is 393. The summed E-state index contributed by atoms with van der Waals surface area (Å²) in [5.74, 6) is -2.87. The Morgan fingerprint density at radius 2 is 1.74 bits per heavy atom. The standard InChI is InChI=1S/C11H16N2O6/c1-8(15)12(2)6-9(16)5-10(17)13(3-4-14)7-11(18)19/h4H,3,5-7H2,1-2H3,(H,18,19). The van der Waals surface area contributed by atoms with E-state index in [1.54, 1.807) is 0 Å². The Balaban J connectivity index is 4.46. The summed E-state index contributed by atoms with van der Waals surface area (Å²) in [5, 5.41) is 8.56. The van der Waals surface area contributed by atoms with Gasteiger partial charge in [0, 0.05) is 14.0 Å². The molecule has 1 N–H and O–H groups in total. The molecule has 0 rings (SSSR count). The zero-order valence-corrected chi connectivity index (χ0v) is 10.8. The molecule has 0 spiro atoms. The molecule has 0 aromatic heterocycles. The summed E-state index contributed by atoms with van der Waals surface area (Å²) in [6.45, 7) is 0.00958. The quantitative estimate of drug-likeness (QED) is 0.426. The highest BCUT2D eigenvalue weighted by molar-refractivity contribution is 6.01. The van der Waals surface area contributed by atoms with Crippen LogP contribution in [0, 0.1) is 0 Å². The first-order valence-corrected chi connectivity index (χ1v) is 5.44. The molecule has 8 nitrogen and oxygen atoms in total. The summed E-state index contributed by atoms with van der Waals surface area (Å²) in [6, 6.07) is 0. The maximum absolute atomic E-state index is 11.6. The number of nitrogens with zero attached hydrogens (tertiary/aromatic N) is 2. The summed E-state index contributed by atoms with van der Waals surface area (Å²) in [6.07, 6.45) is -0.161. The number of Topliss-reactive ketones (excluding diaryl/α,β-unsaturated/α-hetero) is 1. The van der Waals surface area contributed by atoms with Crippen molar-refractivity contribution in [2.45, 2.75) is 13.3 Å². The second-order valence-electron chi connectivity index (χ2n) is 3.93. The van der Waals surface area contributed by atoms with Gasteiger partial charge in [-0.3, -0.25) is 19.2 Å². The number of amides is 2. The van der Waals surface area contributed by atoms with Crippen LogP contribution < -0.4 is 0 Å². The van der Waals surface area contributed by atoms with Gasteiger partial charge in [0.1, 0.15) is 12.8 Å². The van der Waals surface area contributed by atoms with Crippen molar-refractivity contribution in [2.75, 3.05) is 26.7 Å². The zero-order valence-electron chi connectivity index (χ0n) is 10.8. The Morgan fingerprint density at radius 3 is 2.16 bits per heavy atom. The van der Waals surface area contributed by atoms with Crippen LogP contribution in [-0.4, -0.2) is 71.4 Å². The lowest BCUT2D eigenvalue weighted by Crippen LogP contribution is -2.39. The van der Waals surface area contributed by atoms with Crippen LogP contribution in [0.3, 0.4) is 0 Å². The molecule has 0 bridgehead atoms. The highest BCUT2D eigenvalue weighted by atomic mass is 16.4. The summed E-state index contributed by atoms with van der Waals surface area (Å²) in [5.41, 5.74) is 0. The van der Waals surface area contributed by atoms with Crippen molar-refractivity contribution in [2.24, 2.45) is 0 Å². The number of rotatable bonds is 8. The van der Waals surface area contributed by atoms with E-state index >= 15 is 0 Å². The van der Waals surface area contributed by atoms with Gasteiger partial charge < -0.3 is 19.7 Å². The predicted molar refractivity (Wildman–Crippen MR) is 63.2 cm³/mol. The number of carboxylic acids is 1. The summed E-state index contributed by atoms with van der Waals surface area (Å²) in [4.78, 5) is 56.7. The minimum Gasteiger partial charge on any atom is -0.480 e. The van der Waals surface area contributed by atoms with Crippen LogP contribution in [0.4, 0.5) is 0 Å². The van der Waals surface area contributed by atoms with Crippen LogP contribution in [0.2, 0.25) is 0 Å². The van der Waals surface area contributed by atoms with Crippen LogP contribution in [0.15, 0.2) is 0 Å². The van der Waals surface area contributed by atoms with E-state index in [4.69, 9.17) is 5.11 Å². The molecule has 0 aliphatic heterocycles. The van der Waals surface area contributed by atoms with Crippen LogP contribution in [0.5, 0.6) is 0 Å². The molecule has 0 aromatic carbocycles. The monoisotopic (exact) mass is 272 g/mol. The molecule has 19 heavy (non-hydrogen) atoms. The molecular formula is C11H16N2O6. The first-order valence-electron chi connectivity index (χ1n) is 5.44. The topological polar surface area (TPSA) is 112 Å². The number of carboxylic acid groups (broad SMARTS) is 1. The lowest BCUT2D eigenvalue weighted by atomic mass is 10.2. The Hall–Kier alpha value is -2.25. The van der Waals surface area contributed by atoms with E-state index < -0.39 is 30.6 Å². The fourth-order valence-electron chi connectivity index (χ4n) is 1.22. The van der Waals surface area contributed by atoms with Gasteiger partial charge in [-0.15, -0.1) is 0 Å². The third-order valence-corrected chi connectivity index (χ3v) is 2.27. The number of carbonyl (C=O) groups excluding carboxylic acids is 4. The van der Waals surface area contributed by atoms with Gasteiger partial charge in [-0.2, -0.15) is 0 Å². The van der Waals surface area contributed by atoms with Gasteiger partial charge >= 0.3 is 5.97 Å². The van der Waals surface area contributed by atoms with E-state index in [0.717, 1.165) is 9.80 Å². The van der Waals surface area contributed by atoms with E-state index in [0.29, 0.717) is 6.29 Å². The van der Waals surface area contributed by atoms with Gasteiger partial charge in [0.15, 0.2) is 5.78 Å². The Morgan fingerprint density at radius 1 is 1.16 bits per heavy atom. The third kappa shape index (κ3) is 6.92. The Kier molecular flexibility index (Phi) is 7.02. The molecule has 0 heterocycles. The second kappa shape index (κ2) is 7.96. The van der Waals surface area contributed by atoms with Crippen molar-refractivity contribution in [3.8, 4) is 0 Å². The zero-order chi connectivity index (χ0) is 15.0. The molecule has 0 aliphatic rings. The number of hydrogen-bond acceptors (Lipinski definition) is 5. The predicted octanol–water partition coefficient (Wildman–Crippen LogP) is -1.46. The average Bonchev–Trinajstić information content (AvgIpc) is 2.27. The molecule has 0 saturated heterocycles. The fourth-order valence-corrected chi connectivity index (χ4v) is 1.22. The molecule has 2 amide bonds. The number of carbonyl (C=O) groups is 5. The number of aldehydes is 1. The van der Waals surface area contributed by atoms with E-state index in [1.807, 2.05) is 0 Å². The van der Waals surface area contributed by atoms with Gasteiger partial charge in [0.2, 0.25) is 11.8 Å². The Labute approximate surface area is 110 Å². The number of likely N-dealkylation sites (N-methyl/N-ethyl adjacent to an activating group) is 1. The molecule has 0 aliphatic carbocycles. The second-order valence-corrected chi connectivity index (χ2v) is 3.93. The molecule has 106 valence electrons. The van der Waals surface area contributed by atoms with Crippen LogP contribution in [0.25, 0.3) is 0 Å². The molecule has 0 fully saturated rings. The minimum atomic E-state index is -1.27. The summed E-state index contributed by atoms with van der Waals surface area (Å²) < 4.78 is 0. The van der Waals surface area contributed by atoms with Gasteiger partial charge in [-0.1, -0.05) is 0 Å². The van der Waals surface area contributed by atoms with Crippen molar-refractivity contribution in [3.63, 3.8) is 0 Å². The van der Waals surface area contributed by atoms with E-state index in [-0.39, 0.29) is 19.0 Å². The van der Waals surface area contributed by atoms with Crippen LogP contribution in [0.1, 0.15) is 13.3 Å². The number of aliphatic carboxylic acids is 1. The largest absolute Gasteiger partial charge is 0.480 e. The van der Waals surface area contributed by atoms with Crippen molar-refractivity contribution < 1.29 is 29.1 Å². The van der Waals surface area contributed by atoms with E-state index in [2.05, 4.69) is 0 Å². The lowest BCUT2D eigenvalue weighted by Gasteiger charge is -2.18. The molecule has 0 atom stereocenters. The van der Waals surface area contributed by atoms with Crippen LogP contribution >= 0.6 is 0 Å². The van der Waals surface area contributed by atoms with Gasteiger partial charge in [0.25, 0.3) is 0 Å². The first-order chi connectivity index (χ1) is 8.77. The van der Waals surface area contributed by atoms with E-state index in [9.17, 15) is 24.0 Å². The van der Waals surface area contributed by atoms with Crippen molar-refractivity contribution >= 4 is 29.9 Å². The van der Waals surface area contributed by atoms with E-state index in [1.165, 1.54) is 14.0 Å². The molecular weight excluding hydrogens is 256 g/mol. The molecule has 0 saturated carbocycles. The number of hydrogen-bond donors (Lipinski definition) is 1. The van der Waals surface area contributed by atoms with Gasteiger partial charge in [0.05, 0.1) is 19.5 Å². The van der Waals surface area contributed by atoms with Gasteiger partial charge in [-0.25, -0.2) is 0 Å². The lowest BCUT2D eigenvalue weighted by molar-refractivity contribution is -0.146. The van der Waals surface area contributed by atoms with Gasteiger partial charge in [-0.05, 0) is 0 Å².